The van der Waals surface area contributed by atoms with E-state index in [1.807, 2.05) is 0 Å². The maximum Gasteiger partial charge on any atom is 0.240 e. The van der Waals surface area contributed by atoms with Gasteiger partial charge in [0.1, 0.15) is 11.5 Å². The third kappa shape index (κ3) is 2.98. The predicted octanol–water partition coefficient (Wildman–Crippen LogP) is 1.38. The summed E-state index contributed by atoms with van der Waals surface area (Å²) in [5.41, 5.74) is 0.784. The lowest BCUT2D eigenvalue weighted by Gasteiger charge is -2.07. The Balaban J connectivity index is 1.90. The molecule has 2 rings (SSSR count). The zero-order valence-electron chi connectivity index (χ0n) is 10.3. The predicted molar refractivity (Wildman–Crippen MR) is 64.2 cm³/mol. The number of phenolic OH excluding ortho intramolecular Hbond substituents is 1. The number of hydrogen-bond donors (Lipinski definition) is 2. The molecule has 6 heteroatoms. The van der Waals surface area contributed by atoms with E-state index in [4.69, 9.17) is 9.26 Å². The molecule has 0 atom stereocenters. The van der Waals surface area contributed by atoms with E-state index in [1.165, 1.54) is 0 Å². The van der Waals surface area contributed by atoms with Gasteiger partial charge >= 0.3 is 0 Å². The zero-order valence-corrected chi connectivity index (χ0v) is 10.3. The van der Waals surface area contributed by atoms with Gasteiger partial charge in [-0.05, 0) is 13.0 Å². The van der Waals surface area contributed by atoms with E-state index in [9.17, 15) is 5.11 Å². The van der Waals surface area contributed by atoms with Gasteiger partial charge in [-0.15, -0.1) is 0 Å². The number of hydrogen-bond acceptors (Lipinski definition) is 6. The Morgan fingerprint density at radius 1 is 1.39 bits per heavy atom. The molecule has 2 aromatic rings. The van der Waals surface area contributed by atoms with Crippen molar-refractivity contribution in [3.8, 4) is 11.5 Å². The molecule has 0 saturated carbocycles. The summed E-state index contributed by atoms with van der Waals surface area (Å²) in [5, 5.41) is 16.6. The molecule has 0 aliphatic carbocycles. The molecule has 6 nitrogen and oxygen atoms in total. The van der Waals surface area contributed by atoms with Gasteiger partial charge in [0, 0.05) is 18.2 Å². The number of nitrogens with one attached hydrogen (secondary N) is 1. The van der Waals surface area contributed by atoms with Crippen LogP contribution in [0.1, 0.15) is 17.3 Å². The first-order valence-corrected chi connectivity index (χ1v) is 5.55. The van der Waals surface area contributed by atoms with Crippen LogP contribution >= 0.6 is 0 Å². The Labute approximate surface area is 105 Å². The van der Waals surface area contributed by atoms with Gasteiger partial charge in [0.15, 0.2) is 5.82 Å². The topological polar surface area (TPSA) is 80.4 Å². The van der Waals surface area contributed by atoms with Crippen molar-refractivity contribution in [1.82, 2.24) is 15.5 Å². The van der Waals surface area contributed by atoms with Gasteiger partial charge in [-0.25, -0.2) is 0 Å². The first-order valence-electron chi connectivity index (χ1n) is 5.55. The van der Waals surface area contributed by atoms with Crippen LogP contribution in [-0.2, 0) is 13.1 Å². The van der Waals surface area contributed by atoms with Crippen molar-refractivity contribution in [1.29, 1.82) is 0 Å². The van der Waals surface area contributed by atoms with Crippen molar-refractivity contribution < 1.29 is 14.4 Å². The molecule has 96 valence electrons. The van der Waals surface area contributed by atoms with Crippen molar-refractivity contribution >= 4 is 0 Å². The molecular weight excluding hydrogens is 234 g/mol. The van der Waals surface area contributed by atoms with Crippen LogP contribution in [0.4, 0.5) is 0 Å². The first kappa shape index (κ1) is 12.4. The highest BCUT2D eigenvalue weighted by Gasteiger charge is 2.05. The quantitative estimate of drug-likeness (QED) is 0.833. The first-order chi connectivity index (χ1) is 8.69. The highest BCUT2D eigenvalue weighted by molar-refractivity contribution is 5.39. The summed E-state index contributed by atoms with van der Waals surface area (Å²) in [5.74, 6) is 1.96. The average Bonchev–Trinajstić information content (AvgIpc) is 2.77. The normalized spacial score (nSPS) is 10.6. The summed E-state index contributed by atoms with van der Waals surface area (Å²) in [6.07, 6.45) is 0. The second-order valence-corrected chi connectivity index (χ2v) is 3.83. The molecule has 0 saturated heterocycles. The highest BCUT2D eigenvalue weighted by atomic mass is 16.5. The van der Waals surface area contributed by atoms with Crippen LogP contribution in [0.15, 0.2) is 22.7 Å². The van der Waals surface area contributed by atoms with Crippen LogP contribution in [0.3, 0.4) is 0 Å². The van der Waals surface area contributed by atoms with E-state index in [-0.39, 0.29) is 5.75 Å². The van der Waals surface area contributed by atoms with Crippen molar-refractivity contribution in [2.24, 2.45) is 0 Å². The standard InChI is InChI=1S/C12H15N3O3/c1-8-14-12(18-15-8)7-13-6-9-3-4-10(17-2)5-11(9)16/h3-5,13,16H,6-7H2,1-2H3. The average molecular weight is 249 g/mol. The number of aryl methyl sites for hydroxylation is 1. The maximum absolute atomic E-state index is 9.75. The Hall–Kier alpha value is -2.08. The Morgan fingerprint density at radius 2 is 2.22 bits per heavy atom. The van der Waals surface area contributed by atoms with Gasteiger partial charge in [0.25, 0.3) is 0 Å². The molecule has 0 aliphatic heterocycles. The number of nitrogens with zero attached hydrogens (tertiary/aromatic N) is 2. The number of rotatable bonds is 5. The van der Waals surface area contributed by atoms with E-state index >= 15 is 0 Å². The van der Waals surface area contributed by atoms with Crippen molar-refractivity contribution in [2.45, 2.75) is 20.0 Å². The van der Waals surface area contributed by atoms with Gasteiger partial charge < -0.3 is 19.7 Å². The highest BCUT2D eigenvalue weighted by Crippen LogP contribution is 2.23. The second-order valence-electron chi connectivity index (χ2n) is 3.83. The smallest absolute Gasteiger partial charge is 0.240 e. The second kappa shape index (κ2) is 5.50. The van der Waals surface area contributed by atoms with Gasteiger partial charge in [0.05, 0.1) is 13.7 Å². The monoisotopic (exact) mass is 249 g/mol. The molecule has 0 bridgehead atoms. The van der Waals surface area contributed by atoms with Crippen LogP contribution < -0.4 is 10.1 Å². The van der Waals surface area contributed by atoms with E-state index in [2.05, 4.69) is 15.5 Å². The fourth-order valence-corrected chi connectivity index (χ4v) is 1.54. The van der Waals surface area contributed by atoms with Gasteiger partial charge in [0.2, 0.25) is 5.89 Å². The molecule has 0 spiro atoms. The molecule has 1 aromatic carbocycles. The molecule has 1 heterocycles. The molecule has 0 fully saturated rings. The third-order valence-corrected chi connectivity index (χ3v) is 2.45. The number of aromatic nitrogens is 2. The SMILES string of the molecule is COc1ccc(CNCc2nc(C)no2)c(O)c1. The summed E-state index contributed by atoms with van der Waals surface area (Å²) >= 11 is 0. The number of phenols is 1. The Bertz CT molecular complexity index is 525. The molecule has 0 amide bonds. The van der Waals surface area contributed by atoms with Crippen molar-refractivity contribution in [2.75, 3.05) is 7.11 Å². The lowest BCUT2D eigenvalue weighted by atomic mass is 10.2. The minimum absolute atomic E-state index is 0.198. The minimum Gasteiger partial charge on any atom is -0.507 e. The lowest BCUT2D eigenvalue weighted by Crippen LogP contribution is -2.13. The van der Waals surface area contributed by atoms with Gasteiger partial charge in [-0.2, -0.15) is 4.98 Å². The molecule has 0 unspecified atom stereocenters. The number of benzene rings is 1. The number of methoxy groups -OCH3 is 1. The van der Waals surface area contributed by atoms with Crippen LogP contribution in [-0.4, -0.2) is 22.4 Å². The molecule has 1 aromatic heterocycles. The summed E-state index contributed by atoms with van der Waals surface area (Å²) in [6.45, 7) is 2.74. The number of aromatic hydroxyl groups is 1. The molecule has 0 aliphatic rings. The number of ether oxygens (including phenoxy) is 1. The van der Waals surface area contributed by atoms with Crippen LogP contribution in [0, 0.1) is 6.92 Å². The molecular formula is C12H15N3O3. The Morgan fingerprint density at radius 3 is 2.83 bits per heavy atom. The van der Waals surface area contributed by atoms with E-state index < -0.39 is 0 Å². The van der Waals surface area contributed by atoms with Crippen molar-refractivity contribution in [3.05, 3.63) is 35.5 Å². The summed E-state index contributed by atoms with van der Waals surface area (Å²) in [4.78, 5) is 4.07. The molecule has 18 heavy (non-hydrogen) atoms. The summed E-state index contributed by atoms with van der Waals surface area (Å²) < 4.78 is 9.98. The lowest BCUT2D eigenvalue weighted by molar-refractivity contribution is 0.363. The maximum atomic E-state index is 9.75. The van der Waals surface area contributed by atoms with Crippen LogP contribution in [0.5, 0.6) is 11.5 Å². The van der Waals surface area contributed by atoms with Crippen molar-refractivity contribution in [3.63, 3.8) is 0 Å². The fraction of sp³-hybridized carbons (Fsp3) is 0.333. The van der Waals surface area contributed by atoms with Gasteiger partial charge in [-0.3, -0.25) is 0 Å². The summed E-state index contributed by atoms with van der Waals surface area (Å²) in [7, 11) is 1.56. The summed E-state index contributed by atoms with van der Waals surface area (Å²) in [6, 6.07) is 5.18. The largest absolute Gasteiger partial charge is 0.507 e. The van der Waals surface area contributed by atoms with E-state index in [0.717, 1.165) is 5.56 Å². The third-order valence-electron chi connectivity index (χ3n) is 2.45. The molecule has 0 radical (unpaired) electrons. The van der Waals surface area contributed by atoms with E-state index in [1.54, 1.807) is 32.2 Å². The van der Waals surface area contributed by atoms with E-state index in [0.29, 0.717) is 30.6 Å². The molecule has 2 N–H and O–H groups in total. The minimum atomic E-state index is 0.198. The zero-order chi connectivity index (χ0) is 13.0. The van der Waals surface area contributed by atoms with Crippen LogP contribution in [0.25, 0.3) is 0 Å². The van der Waals surface area contributed by atoms with Crippen LogP contribution in [0.2, 0.25) is 0 Å². The Kier molecular flexibility index (Phi) is 3.78. The fourth-order valence-electron chi connectivity index (χ4n) is 1.54. The van der Waals surface area contributed by atoms with Gasteiger partial charge in [-0.1, -0.05) is 11.2 Å².